The van der Waals surface area contributed by atoms with Crippen LogP contribution in [0, 0.1) is 0 Å². The van der Waals surface area contributed by atoms with Crippen molar-refractivity contribution in [2.75, 3.05) is 0 Å². The van der Waals surface area contributed by atoms with Gasteiger partial charge in [0, 0.05) is 18.4 Å². The summed E-state index contributed by atoms with van der Waals surface area (Å²) in [6.07, 6.45) is 5.14. The van der Waals surface area contributed by atoms with Gasteiger partial charge in [-0.3, -0.25) is 0 Å². The predicted octanol–water partition coefficient (Wildman–Crippen LogP) is 5.06. The highest BCUT2D eigenvalue weighted by molar-refractivity contribution is 7.64. The Morgan fingerprint density at radius 2 is 1.90 bits per heavy atom. The van der Waals surface area contributed by atoms with Crippen LogP contribution in [0.5, 0.6) is 5.75 Å². The fourth-order valence-corrected chi connectivity index (χ4v) is 4.31. The van der Waals surface area contributed by atoms with Crippen molar-refractivity contribution in [2.45, 2.75) is 50.5 Å². The van der Waals surface area contributed by atoms with E-state index in [4.69, 9.17) is 42.7 Å². The van der Waals surface area contributed by atoms with Crippen molar-refractivity contribution in [1.29, 1.82) is 0 Å². The molecule has 0 saturated heterocycles. The lowest BCUT2D eigenvalue weighted by Gasteiger charge is -2.35. The lowest BCUT2D eigenvalue weighted by Crippen LogP contribution is -2.39. The van der Waals surface area contributed by atoms with E-state index in [1.807, 2.05) is 6.07 Å². The molecule has 1 aliphatic heterocycles. The van der Waals surface area contributed by atoms with Crippen LogP contribution < -0.4 is 4.74 Å². The lowest BCUT2D eigenvalue weighted by molar-refractivity contribution is -0.200. The molecule has 0 aromatic heterocycles. The topological polar surface area (TPSA) is 18.5 Å². The van der Waals surface area contributed by atoms with Gasteiger partial charge in [0.15, 0.2) is 0 Å². The Bertz CT molecular complexity index is 496. The van der Waals surface area contributed by atoms with Crippen LogP contribution in [0.2, 0.25) is 6.04 Å². The SMILES string of the molecule is Cl[Si](Cl)(Cl)CCc1ccc2c(c1)COC1(CCCC1)O2. The molecule has 2 nitrogen and oxygen atoms in total. The minimum atomic E-state index is -2.55. The standard InChI is InChI=1S/C14H17Cl3O2Si/c15-20(16,17)8-5-11-3-4-13-12(9-11)10-18-14(19-13)6-1-2-7-14/h3-4,9H,1-2,5-8,10H2. The minimum absolute atomic E-state index is 0.362. The molecule has 0 bridgehead atoms. The first-order valence-corrected chi connectivity index (χ1v) is 12.2. The Balaban J connectivity index is 1.71. The maximum Gasteiger partial charge on any atom is 0.341 e. The van der Waals surface area contributed by atoms with E-state index in [0.717, 1.165) is 30.6 Å². The van der Waals surface area contributed by atoms with E-state index < -0.39 is 6.00 Å². The molecule has 1 spiro atoms. The molecule has 1 aliphatic carbocycles. The number of fused-ring (bicyclic) bond motifs is 1. The summed E-state index contributed by atoms with van der Waals surface area (Å²) < 4.78 is 12.1. The van der Waals surface area contributed by atoms with Crippen LogP contribution in [0.15, 0.2) is 18.2 Å². The second-order valence-corrected chi connectivity index (χ2v) is 14.8. The summed E-state index contributed by atoms with van der Waals surface area (Å²) in [6, 6.07) is 4.31. The molecular weight excluding hydrogens is 335 g/mol. The highest BCUT2D eigenvalue weighted by atomic mass is 35.8. The number of aryl methyl sites for hydroxylation is 1. The molecule has 0 amide bonds. The van der Waals surface area contributed by atoms with Crippen molar-refractivity contribution in [3.8, 4) is 5.75 Å². The van der Waals surface area contributed by atoms with Crippen LogP contribution in [-0.2, 0) is 17.8 Å². The number of benzene rings is 1. The van der Waals surface area contributed by atoms with Gasteiger partial charge in [-0.2, -0.15) is 0 Å². The van der Waals surface area contributed by atoms with Gasteiger partial charge >= 0.3 is 6.00 Å². The molecule has 1 heterocycles. The minimum Gasteiger partial charge on any atom is -0.462 e. The van der Waals surface area contributed by atoms with Gasteiger partial charge in [-0.05, 0) is 43.0 Å². The molecule has 1 aromatic rings. The zero-order valence-corrected chi connectivity index (χ0v) is 14.4. The van der Waals surface area contributed by atoms with Gasteiger partial charge in [-0.15, -0.1) is 33.2 Å². The van der Waals surface area contributed by atoms with Gasteiger partial charge in [-0.1, -0.05) is 6.07 Å². The first-order chi connectivity index (χ1) is 9.46. The van der Waals surface area contributed by atoms with E-state index in [9.17, 15) is 0 Å². The summed E-state index contributed by atoms with van der Waals surface area (Å²) in [5.41, 5.74) is 2.28. The van der Waals surface area contributed by atoms with Crippen LogP contribution >= 0.6 is 33.2 Å². The molecule has 0 unspecified atom stereocenters. The second kappa shape index (κ2) is 5.69. The van der Waals surface area contributed by atoms with E-state index in [-0.39, 0.29) is 5.79 Å². The second-order valence-electron chi connectivity index (χ2n) is 5.57. The maximum absolute atomic E-state index is 6.09. The fraction of sp³-hybridized carbons (Fsp3) is 0.571. The summed E-state index contributed by atoms with van der Waals surface area (Å²) in [7, 11) is 0. The highest BCUT2D eigenvalue weighted by Gasteiger charge is 2.40. The highest BCUT2D eigenvalue weighted by Crippen LogP contribution is 2.41. The fourth-order valence-electron chi connectivity index (χ4n) is 2.89. The van der Waals surface area contributed by atoms with Crippen LogP contribution in [0.3, 0.4) is 0 Å². The van der Waals surface area contributed by atoms with E-state index in [0.29, 0.717) is 12.7 Å². The van der Waals surface area contributed by atoms with Gasteiger partial charge in [0.05, 0.1) is 6.61 Å². The van der Waals surface area contributed by atoms with Crippen molar-refractivity contribution < 1.29 is 9.47 Å². The van der Waals surface area contributed by atoms with Crippen LogP contribution in [0.25, 0.3) is 0 Å². The van der Waals surface area contributed by atoms with Crippen molar-refractivity contribution >= 4 is 39.2 Å². The Morgan fingerprint density at radius 1 is 1.15 bits per heavy atom. The van der Waals surface area contributed by atoms with Crippen molar-refractivity contribution in [1.82, 2.24) is 0 Å². The van der Waals surface area contributed by atoms with E-state index >= 15 is 0 Å². The van der Waals surface area contributed by atoms with Crippen molar-refractivity contribution in [3.05, 3.63) is 29.3 Å². The van der Waals surface area contributed by atoms with Gasteiger partial charge in [-0.25, -0.2) is 0 Å². The number of halogens is 3. The third kappa shape index (κ3) is 3.45. The molecule has 20 heavy (non-hydrogen) atoms. The van der Waals surface area contributed by atoms with Crippen LogP contribution in [0.4, 0.5) is 0 Å². The Kier molecular flexibility index (Phi) is 4.26. The average Bonchev–Trinajstić information content (AvgIpc) is 2.84. The Labute approximate surface area is 134 Å². The first-order valence-electron chi connectivity index (χ1n) is 6.97. The Morgan fingerprint density at radius 3 is 2.60 bits per heavy atom. The lowest BCUT2D eigenvalue weighted by atomic mass is 10.1. The smallest absolute Gasteiger partial charge is 0.341 e. The van der Waals surface area contributed by atoms with Crippen molar-refractivity contribution in [2.24, 2.45) is 0 Å². The molecule has 2 aliphatic rings. The number of ether oxygens (including phenoxy) is 2. The van der Waals surface area contributed by atoms with E-state index in [2.05, 4.69) is 12.1 Å². The third-order valence-electron chi connectivity index (χ3n) is 3.97. The number of hydrogen-bond donors (Lipinski definition) is 0. The van der Waals surface area contributed by atoms with Gasteiger partial charge in [0.25, 0.3) is 0 Å². The molecule has 0 radical (unpaired) electrons. The molecule has 0 N–H and O–H groups in total. The molecule has 1 saturated carbocycles. The van der Waals surface area contributed by atoms with Gasteiger partial charge in [0.2, 0.25) is 5.79 Å². The number of hydrogen-bond acceptors (Lipinski definition) is 2. The van der Waals surface area contributed by atoms with Gasteiger partial charge in [0.1, 0.15) is 5.75 Å². The molecule has 0 atom stereocenters. The van der Waals surface area contributed by atoms with Crippen LogP contribution in [0.1, 0.15) is 36.8 Å². The molecular formula is C14H17Cl3O2Si. The summed E-state index contributed by atoms with van der Waals surface area (Å²) in [5, 5.41) is 0. The molecule has 1 fully saturated rings. The molecule has 3 rings (SSSR count). The maximum atomic E-state index is 6.09. The van der Waals surface area contributed by atoms with Gasteiger partial charge < -0.3 is 9.47 Å². The Hall–Kier alpha value is 0.0669. The quantitative estimate of drug-likeness (QED) is 0.559. The summed E-state index contributed by atoms with van der Waals surface area (Å²) in [5.74, 6) is 0.590. The van der Waals surface area contributed by atoms with E-state index in [1.165, 1.54) is 18.4 Å². The van der Waals surface area contributed by atoms with E-state index in [1.54, 1.807) is 0 Å². The summed E-state index contributed by atoms with van der Waals surface area (Å²) in [6.45, 7) is 0.619. The monoisotopic (exact) mass is 350 g/mol. The summed E-state index contributed by atoms with van der Waals surface area (Å²) >= 11 is 17.8. The molecule has 1 aromatic carbocycles. The summed E-state index contributed by atoms with van der Waals surface area (Å²) in [4.78, 5) is 0. The van der Waals surface area contributed by atoms with Crippen molar-refractivity contribution in [3.63, 3.8) is 0 Å². The third-order valence-corrected chi connectivity index (χ3v) is 6.49. The average molecular weight is 352 g/mol. The normalized spacial score (nSPS) is 20.8. The largest absolute Gasteiger partial charge is 0.462 e. The first kappa shape index (κ1) is 15.0. The number of rotatable bonds is 3. The predicted molar refractivity (Wildman–Crippen MR) is 84.9 cm³/mol. The van der Waals surface area contributed by atoms with Crippen LogP contribution in [-0.4, -0.2) is 11.8 Å². The zero-order chi connectivity index (χ0) is 14.2. The zero-order valence-electron chi connectivity index (χ0n) is 11.1. The molecule has 110 valence electrons. The molecule has 6 heteroatoms.